The molecule has 0 N–H and O–H groups in total. The lowest BCUT2D eigenvalue weighted by Gasteiger charge is -2.24. The Hall–Kier alpha value is -4.06. The number of Topliss-reactive ketones (excluding diaryl/α,β-unsaturated/α-hetero) is 1. The van der Waals surface area contributed by atoms with Gasteiger partial charge in [-0.2, -0.15) is 0 Å². The van der Waals surface area contributed by atoms with E-state index in [0.717, 1.165) is 30.4 Å². The molecule has 1 amide bonds. The summed E-state index contributed by atoms with van der Waals surface area (Å²) in [6.07, 6.45) is 2.47. The van der Waals surface area contributed by atoms with E-state index < -0.39 is 6.09 Å². The van der Waals surface area contributed by atoms with Crippen molar-refractivity contribution in [2.24, 2.45) is 5.16 Å². The third-order valence-electron chi connectivity index (χ3n) is 5.84. The van der Waals surface area contributed by atoms with Crippen LogP contribution in [0.25, 0.3) is 11.1 Å². The van der Waals surface area contributed by atoms with Crippen LogP contribution < -0.4 is 0 Å². The van der Waals surface area contributed by atoms with E-state index in [9.17, 15) is 14.4 Å². The first-order valence-corrected chi connectivity index (χ1v) is 11.4. The molecule has 0 aromatic heterocycles. The van der Waals surface area contributed by atoms with Gasteiger partial charge in [-0.3, -0.25) is 14.4 Å². The Kier molecular flexibility index (Phi) is 7.28. The average molecular weight is 455 g/mol. The Balaban J connectivity index is 1.47. The van der Waals surface area contributed by atoms with Gasteiger partial charge in [0, 0.05) is 36.7 Å². The second-order valence-corrected chi connectivity index (χ2v) is 8.25. The van der Waals surface area contributed by atoms with Gasteiger partial charge in [0.2, 0.25) is 0 Å². The largest absolute Gasteiger partial charge is 0.435 e. The molecule has 0 atom stereocenters. The SMILES string of the molecule is CC(=O)/C(=N\OC(=O)N1CCCCC1)c1ccc(-c2ccc(C(=O)c3ccccc3)cc2)cc1. The first kappa shape index (κ1) is 23.1. The van der Waals surface area contributed by atoms with Crippen LogP contribution in [0.3, 0.4) is 0 Å². The molecule has 4 rings (SSSR count). The lowest BCUT2D eigenvalue weighted by molar-refractivity contribution is -0.111. The van der Waals surface area contributed by atoms with Crippen molar-refractivity contribution in [3.63, 3.8) is 0 Å². The molecule has 0 radical (unpaired) electrons. The molecule has 0 unspecified atom stereocenters. The Morgan fingerprint density at radius 3 is 1.79 bits per heavy atom. The number of ketones is 2. The Labute approximate surface area is 198 Å². The zero-order chi connectivity index (χ0) is 23.9. The second-order valence-electron chi connectivity index (χ2n) is 8.25. The quantitative estimate of drug-likeness (QED) is 0.213. The highest BCUT2D eigenvalue weighted by Gasteiger charge is 2.19. The van der Waals surface area contributed by atoms with Crippen molar-refractivity contribution in [3.05, 3.63) is 95.6 Å². The molecular weight excluding hydrogens is 428 g/mol. The number of hydrogen-bond acceptors (Lipinski definition) is 5. The molecule has 0 spiro atoms. The van der Waals surface area contributed by atoms with E-state index in [-0.39, 0.29) is 17.3 Å². The third-order valence-corrected chi connectivity index (χ3v) is 5.84. The lowest BCUT2D eigenvalue weighted by Crippen LogP contribution is -2.35. The summed E-state index contributed by atoms with van der Waals surface area (Å²) in [5, 5.41) is 3.87. The normalized spacial score (nSPS) is 13.9. The Morgan fingerprint density at radius 1 is 0.706 bits per heavy atom. The van der Waals surface area contributed by atoms with Gasteiger partial charge in [-0.05, 0) is 30.4 Å². The molecule has 1 heterocycles. The van der Waals surface area contributed by atoms with Crippen LogP contribution in [-0.4, -0.2) is 41.4 Å². The van der Waals surface area contributed by atoms with Gasteiger partial charge >= 0.3 is 6.09 Å². The monoisotopic (exact) mass is 454 g/mol. The van der Waals surface area contributed by atoms with E-state index in [2.05, 4.69) is 5.16 Å². The van der Waals surface area contributed by atoms with E-state index in [4.69, 9.17) is 4.84 Å². The highest BCUT2D eigenvalue weighted by molar-refractivity contribution is 6.45. The minimum atomic E-state index is -0.528. The fourth-order valence-electron chi connectivity index (χ4n) is 3.93. The van der Waals surface area contributed by atoms with Crippen LogP contribution in [0.1, 0.15) is 47.7 Å². The fourth-order valence-corrected chi connectivity index (χ4v) is 3.93. The van der Waals surface area contributed by atoms with Crippen molar-refractivity contribution in [2.75, 3.05) is 13.1 Å². The van der Waals surface area contributed by atoms with Crippen LogP contribution in [0, 0.1) is 0 Å². The lowest BCUT2D eigenvalue weighted by atomic mass is 9.98. The number of oxime groups is 1. The standard InChI is InChI=1S/C28H26N2O4/c1-20(31)26(29-34-28(33)30-18-6-3-7-19-30)23-14-10-21(11-15-23)22-12-16-25(17-13-22)27(32)24-8-4-2-5-9-24/h2,4-5,8-17H,3,6-7,18-19H2,1H3/b29-26+. The number of carbonyl (C=O) groups excluding carboxylic acids is 3. The van der Waals surface area contributed by atoms with Gasteiger partial charge in [0.1, 0.15) is 0 Å². The molecule has 172 valence electrons. The molecule has 6 nitrogen and oxygen atoms in total. The molecule has 1 fully saturated rings. The highest BCUT2D eigenvalue weighted by Crippen LogP contribution is 2.22. The van der Waals surface area contributed by atoms with Crippen molar-refractivity contribution in [1.82, 2.24) is 4.90 Å². The van der Waals surface area contributed by atoms with Gasteiger partial charge in [0.05, 0.1) is 0 Å². The molecule has 1 aliphatic heterocycles. The summed E-state index contributed by atoms with van der Waals surface area (Å²) in [6.45, 7) is 2.69. The van der Waals surface area contributed by atoms with E-state index in [1.165, 1.54) is 6.92 Å². The van der Waals surface area contributed by atoms with Gasteiger partial charge in [-0.1, -0.05) is 84.0 Å². The number of benzene rings is 3. The summed E-state index contributed by atoms with van der Waals surface area (Å²) in [5.74, 6) is -0.313. The minimum Gasteiger partial charge on any atom is -0.306 e. The maximum absolute atomic E-state index is 12.6. The topological polar surface area (TPSA) is 76.0 Å². The van der Waals surface area contributed by atoms with Crippen LogP contribution >= 0.6 is 0 Å². The summed E-state index contributed by atoms with van der Waals surface area (Å²) in [7, 11) is 0. The zero-order valence-corrected chi connectivity index (χ0v) is 19.1. The third kappa shape index (κ3) is 5.46. The molecular formula is C28H26N2O4. The minimum absolute atomic E-state index is 0.0242. The molecule has 34 heavy (non-hydrogen) atoms. The van der Waals surface area contributed by atoms with Gasteiger partial charge < -0.3 is 4.90 Å². The number of nitrogens with zero attached hydrogens (tertiary/aromatic N) is 2. The number of amides is 1. The summed E-state index contributed by atoms with van der Waals surface area (Å²) in [5.41, 5.74) is 3.80. The van der Waals surface area contributed by atoms with Crippen LogP contribution in [-0.2, 0) is 9.63 Å². The molecule has 1 aliphatic rings. The maximum Gasteiger partial charge on any atom is 0.435 e. The van der Waals surface area contributed by atoms with E-state index in [1.54, 1.807) is 41.3 Å². The molecule has 0 aliphatic carbocycles. The summed E-state index contributed by atoms with van der Waals surface area (Å²) in [6, 6.07) is 23.8. The van der Waals surface area contributed by atoms with Crippen molar-refractivity contribution < 1.29 is 19.2 Å². The molecule has 1 saturated heterocycles. The first-order valence-electron chi connectivity index (χ1n) is 11.4. The smallest absolute Gasteiger partial charge is 0.306 e. The predicted molar refractivity (Wildman–Crippen MR) is 131 cm³/mol. The Bertz CT molecular complexity index is 1190. The van der Waals surface area contributed by atoms with Crippen molar-refractivity contribution >= 4 is 23.4 Å². The maximum atomic E-state index is 12.6. The number of rotatable bonds is 6. The zero-order valence-electron chi connectivity index (χ0n) is 19.1. The molecule has 0 saturated carbocycles. The summed E-state index contributed by atoms with van der Waals surface area (Å²) < 4.78 is 0. The van der Waals surface area contributed by atoms with Crippen molar-refractivity contribution in [3.8, 4) is 11.1 Å². The van der Waals surface area contributed by atoms with Gasteiger partial charge in [0.15, 0.2) is 17.3 Å². The average Bonchev–Trinajstić information content (AvgIpc) is 2.89. The van der Waals surface area contributed by atoms with Gasteiger partial charge in [-0.15, -0.1) is 0 Å². The van der Waals surface area contributed by atoms with Gasteiger partial charge in [-0.25, -0.2) is 4.79 Å². The number of carbonyl (C=O) groups is 3. The summed E-state index contributed by atoms with van der Waals surface area (Å²) >= 11 is 0. The van der Waals surface area contributed by atoms with Crippen molar-refractivity contribution in [1.29, 1.82) is 0 Å². The molecule has 6 heteroatoms. The van der Waals surface area contributed by atoms with Crippen LogP contribution in [0.4, 0.5) is 4.79 Å². The Morgan fingerprint density at radius 2 is 1.24 bits per heavy atom. The number of likely N-dealkylation sites (tertiary alicyclic amines) is 1. The van der Waals surface area contributed by atoms with E-state index >= 15 is 0 Å². The summed E-state index contributed by atoms with van der Waals surface area (Å²) in [4.78, 5) is 43.6. The van der Waals surface area contributed by atoms with Crippen LogP contribution in [0.15, 0.2) is 84.0 Å². The van der Waals surface area contributed by atoms with Crippen molar-refractivity contribution in [2.45, 2.75) is 26.2 Å². The highest BCUT2D eigenvalue weighted by atomic mass is 16.7. The number of hydrogen-bond donors (Lipinski definition) is 0. The molecule has 0 bridgehead atoms. The van der Waals surface area contributed by atoms with E-state index in [1.807, 2.05) is 42.5 Å². The van der Waals surface area contributed by atoms with Gasteiger partial charge in [0.25, 0.3) is 0 Å². The van der Waals surface area contributed by atoms with E-state index in [0.29, 0.717) is 29.8 Å². The molecule has 3 aromatic carbocycles. The predicted octanol–water partition coefficient (Wildman–Crippen LogP) is 5.50. The van der Waals surface area contributed by atoms with Crippen LogP contribution in [0.2, 0.25) is 0 Å². The second kappa shape index (κ2) is 10.7. The van der Waals surface area contributed by atoms with Crippen LogP contribution in [0.5, 0.6) is 0 Å². The molecule has 3 aromatic rings. The first-order chi connectivity index (χ1) is 16.5. The number of piperidine rings is 1. The fraction of sp³-hybridized carbons (Fsp3) is 0.214.